The van der Waals surface area contributed by atoms with E-state index in [-0.39, 0.29) is 0 Å². The third kappa shape index (κ3) is 3.42. The third-order valence-corrected chi connectivity index (χ3v) is 5.45. The molecule has 0 aliphatic carbocycles. The molecule has 2 aromatic rings. The first kappa shape index (κ1) is 15.9. The van der Waals surface area contributed by atoms with E-state index in [0.29, 0.717) is 11.1 Å². The van der Waals surface area contributed by atoms with Crippen molar-refractivity contribution >= 4 is 7.37 Å². The molecule has 0 radical (unpaired) electrons. The zero-order valence-corrected chi connectivity index (χ0v) is 12.9. The molecule has 0 amide bonds. The van der Waals surface area contributed by atoms with Gasteiger partial charge in [0.1, 0.15) is 0 Å². The van der Waals surface area contributed by atoms with Gasteiger partial charge in [0.05, 0.1) is 0 Å². The first-order chi connectivity index (χ1) is 9.82. The lowest BCUT2D eigenvalue weighted by molar-refractivity contribution is 0.186. The SMILES string of the molecule is Cc1ccc(C(O)P(=O)(O)C(O)c2ccc(C)cc2)cc1. The Labute approximate surface area is 124 Å². The second-order valence-electron chi connectivity index (χ2n) is 5.24. The van der Waals surface area contributed by atoms with Crippen molar-refractivity contribution in [1.82, 2.24) is 0 Å². The summed E-state index contributed by atoms with van der Waals surface area (Å²) in [5.41, 5.74) is 2.60. The second kappa shape index (κ2) is 6.12. The van der Waals surface area contributed by atoms with Crippen molar-refractivity contribution in [2.45, 2.75) is 25.5 Å². The van der Waals surface area contributed by atoms with E-state index in [0.717, 1.165) is 11.1 Å². The van der Waals surface area contributed by atoms with Gasteiger partial charge in [0.2, 0.25) is 0 Å². The van der Waals surface area contributed by atoms with E-state index in [1.165, 1.54) is 0 Å². The maximum absolute atomic E-state index is 12.4. The Morgan fingerprint density at radius 1 is 0.762 bits per heavy atom. The van der Waals surface area contributed by atoms with Crippen molar-refractivity contribution in [1.29, 1.82) is 0 Å². The molecule has 21 heavy (non-hydrogen) atoms. The summed E-state index contributed by atoms with van der Waals surface area (Å²) in [6.45, 7) is 3.77. The molecular weight excluding hydrogens is 287 g/mol. The highest BCUT2D eigenvalue weighted by molar-refractivity contribution is 7.58. The van der Waals surface area contributed by atoms with E-state index >= 15 is 0 Å². The number of benzene rings is 2. The Hall–Kier alpha value is -1.45. The maximum Gasteiger partial charge on any atom is 0.264 e. The summed E-state index contributed by atoms with van der Waals surface area (Å²) >= 11 is 0. The topological polar surface area (TPSA) is 77.8 Å². The van der Waals surface area contributed by atoms with Crippen LogP contribution in [0.1, 0.15) is 33.9 Å². The molecule has 0 saturated heterocycles. The predicted molar refractivity (Wildman–Crippen MR) is 82.1 cm³/mol. The molecule has 2 rings (SSSR count). The molecule has 4 nitrogen and oxygen atoms in total. The molecule has 3 N–H and O–H groups in total. The summed E-state index contributed by atoms with van der Waals surface area (Å²) in [6.07, 6.45) is 0. The minimum Gasteiger partial charge on any atom is -0.378 e. The molecule has 112 valence electrons. The number of hydrogen-bond acceptors (Lipinski definition) is 3. The fourth-order valence-electron chi connectivity index (χ4n) is 2.04. The zero-order chi connectivity index (χ0) is 15.6. The van der Waals surface area contributed by atoms with Crippen LogP contribution < -0.4 is 0 Å². The van der Waals surface area contributed by atoms with Gasteiger partial charge in [-0.2, -0.15) is 0 Å². The van der Waals surface area contributed by atoms with Gasteiger partial charge >= 0.3 is 0 Å². The summed E-state index contributed by atoms with van der Waals surface area (Å²) in [5.74, 6) is -3.23. The summed E-state index contributed by atoms with van der Waals surface area (Å²) in [5, 5.41) is 20.3. The predicted octanol–water partition coefficient (Wildman–Crippen LogP) is 3.26. The molecule has 0 fully saturated rings. The molecule has 0 aliphatic heterocycles. The number of aryl methyl sites for hydroxylation is 2. The van der Waals surface area contributed by atoms with Crippen LogP contribution in [0.3, 0.4) is 0 Å². The van der Waals surface area contributed by atoms with Crippen LogP contribution in [0.5, 0.6) is 0 Å². The Kier molecular flexibility index (Phi) is 4.64. The zero-order valence-electron chi connectivity index (χ0n) is 12.0. The molecule has 0 saturated carbocycles. The normalized spacial score (nSPS) is 17.0. The lowest BCUT2D eigenvalue weighted by Gasteiger charge is -2.24. The molecule has 0 spiro atoms. The summed E-state index contributed by atoms with van der Waals surface area (Å²) < 4.78 is 12.4. The van der Waals surface area contributed by atoms with Crippen molar-refractivity contribution in [3.8, 4) is 0 Å². The minimum atomic E-state index is -4.24. The number of rotatable bonds is 4. The van der Waals surface area contributed by atoms with Gasteiger partial charge < -0.3 is 15.1 Å². The first-order valence-corrected chi connectivity index (χ1v) is 8.43. The third-order valence-electron chi connectivity index (χ3n) is 3.45. The van der Waals surface area contributed by atoms with Gasteiger partial charge in [0, 0.05) is 0 Å². The van der Waals surface area contributed by atoms with E-state index in [1.54, 1.807) is 48.5 Å². The molecule has 0 bridgehead atoms. The van der Waals surface area contributed by atoms with Gasteiger partial charge in [-0.3, -0.25) is 4.57 Å². The lowest BCUT2D eigenvalue weighted by Crippen LogP contribution is -2.07. The fraction of sp³-hybridized carbons (Fsp3) is 0.250. The van der Waals surface area contributed by atoms with E-state index in [4.69, 9.17) is 0 Å². The second-order valence-corrected chi connectivity index (χ2v) is 7.56. The van der Waals surface area contributed by atoms with Crippen LogP contribution in [-0.2, 0) is 4.57 Å². The number of hydrogen-bond donors (Lipinski definition) is 3. The molecule has 2 aromatic carbocycles. The van der Waals surface area contributed by atoms with Crippen molar-refractivity contribution < 1.29 is 19.7 Å². The van der Waals surface area contributed by atoms with Gasteiger partial charge in [-0.05, 0) is 25.0 Å². The molecule has 5 heteroatoms. The monoisotopic (exact) mass is 306 g/mol. The van der Waals surface area contributed by atoms with E-state index in [2.05, 4.69) is 0 Å². The van der Waals surface area contributed by atoms with Crippen molar-refractivity contribution in [2.24, 2.45) is 0 Å². The molecule has 0 heterocycles. The highest BCUT2D eigenvalue weighted by Gasteiger charge is 2.39. The van der Waals surface area contributed by atoms with Crippen LogP contribution in [0.15, 0.2) is 48.5 Å². The van der Waals surface area contributed by atoms with Gasteiger partial charge in [-0.25, -0.2) is 0 Å². The van der Waals surface area contributed by atoms with Crippen LogP contribution in [0.25, 0.3) is 0 Å². The van der Waals surface area contributed by atoms with Crippen molar-refractivity contribution in [3.05, 3.63) is 70.8 Å². The smallest absolute Gasteiger partial charge is 0.264 e. The first-order valence-electron chi connectivity index (χ1n) is 6.64. The van der Waals surface area contributed by atoms with E-state index < -0.39 is 19.1 Å². The van der Waals surface area contributed by atoms with Gasteiger partial charge in [0.15, 0.2) is 11.7 Å². The standard InChI is InChI=1S/C16H19O4P/c1-11-3-7-13(8-4-11)15(17)21(19,20)16(18)14-9-5-12(2)6-10-14/h3-10,15-18H,1-2H3,(H,19,20). The fourth-order valence-corrected chi connectivity index (χ4v) is 3.50. The van der Waals surface area contributed by atoms with Crippen LogP contribution in [-0.4, -0.2) is 15.1 Å². The van der Waals surface area contributed by atoms with Gasteiger partial charge in [-0.15, -0.1) is 0 Å². The summed E-state index contributed by atoms with van der Waals surface area (Å²) in [7, 11) is -4.24. The maximum atomic E-state index is 12.4. The largest absolute Gasteiger partial charge is 0.378 e. The quantitative estimate of drug-likeness (QED) is 0.758. The molecular formula is C16H19O4P. The van der Waals surface area contributed by atoms with Crippen LogP contribution >= 0.6 is 7.37 Å². The Balaban J connectivity index is 2.29. The van der Waals surface area contributed by atoms with Crippen LogP contribution in [0.2, 0.25) is 0 Å². The number of aliphatic hydroxyl groups is 2. The summed E-state index contributed by atoms with van der Waals surface area (Å²) in [4.78, 5) is 10.2. The average molecular weight is 306 g/mol. The van der Waals surface area contributed by atoms with Gasteiger partial charge in [0.25, 0.3) is 7.37 Å². The minimum absolute atomic E-state index is 0.317. The van der Waals surface area contributed by atoms with Crippen molar-refractivity contribution in [3.63, 3.8) is 0 Å². The van der Waals surface area contributed by atoms with Crippen molar-refractivity contribution in [2.75, 3.05) is 0 Å². The van der Waals surface area contributed by atoms with Gasteiger partial charge in [-0.1, -0.05) is 59.7 Å². The molecule has 2 atom stereocenters. The Bertz CT molecular complexity index is 593. The molecule has 0 aromatic heterocycles. The average Bonchev–Trinajstić information content (AvgIpc) is 2.47. The lowest BCUT2D eigenvalue weighted by atomic mass is 10.2. The highest BCUT2D eigenvalue weighted by Crippen LogP contribution is 2.63. The van der Waals surface area contributed by atoms with E-state index in [1.807, 2.05) is 13.8 Å². The number of aliphatic hydroxyl groups excluding tert-OH is 2. The summed E-state index contributed by atoms with van der Waals surface area (Å²) in [6, 6.07) is 13.3. The van der Waals surface area contributed by atoms with Crippen LogP contribution in [0.4, 0.5) is 0 Å². The highest BCUT2D eigenvalue weighted by atomic mass is 31.2. The van der Waals surface area contributed by atoms with E-state index in [9.17, 15) is 19.7 Å². The molecule has 2 unspecified atom stereocenters. The Morgan fingerprint density at radius 3 is 1.33 bits per heavy atom. The molecule has 0 aliphatic rings. The Morgan fingerprint density at radius 2 is 1.05 bits per heavy atom. The van der Waals surface area contributed by atoms with Crippen LogP contribution in [0, 0.1) is 13.8 Å².